The molecule has 0 radical (unpaired) electrons. The number of primary amides is 1. The van der Waals surface area contributed by atoms with E-state index in [2.05, 4.69) is 16.0 Å². The summed E-state index contributed by atoms with van der Waals surface area (Å²) < 4.78 is 0. The van der Waals surface area contributed by atoms with E-state index >= 15 is 0 Å². The Morgan fingerprint density at radius 2 is 1.35 bits per heavy atom. The van der Waals surface area contributed by atoms with Gasteiger partial charge in [-0.3, -0.25) is 24.0 Å². The lowest BCUT2D eigenvalue weighted by Crippen LogP contribution is -2.60. The average molecular weight is 490 g/mol. The summed E-state index contributed by atoms with van der Waals surface area (Å²) in [6.07, 6.45) is -2.42. The number of aliphatic hydroxyl groups is 1. The molecule has 0 aliphatic carbocycles. The number of aliphatic hydroxyl groups excluding tert-OH is 1. The fourth-order valence-electron chi connectivity index (χ4n) is 2.86. The van der Waals surface area contributed by atoms with Crippen LogP contribution >= 0.6 is 0 Å². The van der Waals surface area contributed by atoms with Crippen LogP contribution in [0.2, 0.25) is 0 Å². The van der Waals surface area contributed by atoms with Gasteiger partial charge < -0.3 is 42.7 Å². The molecular formula is C20H35N5O9. The first-order chi connectivity index (χ1) is 15.6. The van der Waals surface area contributed by atoms with Gasteiger partial charge in [-0.25, -0.2) is 4.79 Å². The van der Waals surface area contributed by atoms with E-state index in [0.29, 0.717) is 0 Å². The van der Waals surface area contributed by atoms with Gasteiger partial charge in [-0.1, -0.05) is 13.8 Å². The lowest BCUT2D eigenvalue weighted by molar-refractivity contribution is -0.144. The Hall–Kier alpha value is -3.26. The maximum atomic E-state index is 12.8. The number of carboxylic acid groups (broad SMARTS) is 2. The molecule has 5 unspecified atom stereocenters. The van der Waals surface area contributed by atoms with Gasteiger partial charge >= 0.3 is 11.9 Å². The number of nitrogens with one attached hydrogen (secondary N) is 3. The number of amides is 4. The van der Waals surface area contributed by atoms with E-state index in [0.717, 1.165) is 0 Å². The Morgan fingerprint density at radius 1 is 0.794 bits per heavy atom. The van der Waals surface area contributed by atoms with Crippen molar-refractivity contribution in [2.45, 2.75) is 83.1 Å². The zero-order chi connectivity index (χ0) is 26.6. The Morgan fingerprint density at radius 3 is 1.79 bits per heavy atom. The SMILES string of the molecule is CC(C)CC(NC(=O)C(N)CCC(N)=O)C(=O)NC(C(=O)NC(CCC(=O)O)C(=O)O)C(C)O. The molecular weight excluding hydrogens is 454 g/mol. The molecule has 0 rings (SSSR count). The van der Waals surface area contributed by atoms with Crippen LogP contribution in [0, 0.1) is 5.92 Å². The maximum Gasteiger partial charge on any atom is 0.326 e. The van der Waals surface area contributed by atoms with Gasteiger partial charge in [0.15, 0.2) is 0 Å². The van der Waals surface area contributed by atoms with Crippen LogP contribution in [0.25, 0.3) is 0 Å². The first kappa shape index (κ1) is 30.7. The molecule has 0 saturated carbocycles. The van der Waals surface area contributed by atoms with E-state index in [4.69, 9.17) is 16.6 Å². The Kier molecular flexibility index (Phi) is 13.4. The molecule has 0 aromatic carbocycles. The van der Waals surface area contributed by atoms with Gasteiger partial charge in [-0.15, -0.1) is 0 Å². The van der Waals surface area contributed by atoms with Gasteiger partial charge in [0.1, 0.15) is 18.1 Å². The predicted octanol–water partition coefficient (Wildman–Crippen LogP) is -2.59. The van der Waals surface area contributed by atoms with Crippen molar-refractivity contribution in [2.75, 3.05) is 0 Å². The molecule has 0 aromatic rings. The topological polar surface area (TPSA) is 251 Å². The van der Waals surface area contributed by atoms with Crippen LogP contribution in [0.15, 0.2) is 0 Å². The molecule has 0 aliphatic heterocycles. The molecule has 0 spiro atoms. The lowest BCUT2D eigenvalue weighted by Gasteiger charge is -2.27. The van der Waals surface area contributed by atoms with Gasteiger partial charge in [0.25, 0.3) is 0 Å². The van der Waals surface area contributed by atoms with E-state index in [1.54, 1.807) is 13.8 Å². The minimum Gasteiger partial charge on any atom is -0.481 e. The first-order valence-corrected chi connectivity index (χ1v) is 10.7. The molecule has 5 atom stereocenters. The summed E-state index contributed by atoms with van der Waals surface area (Å²) in [5.74, 6) is -6.07. The van der Waals surface area contributed by atoms with Gasteiger partial charge in [0.2, 0.25) is 23.6 Å². The minimum atomic E-state index is -1.59. The Labute approximate surface area is 196 Å². The van der Waals surface area contributed by atoms with E-state index in [9.17, 15) is 39.0 Å². The van der Waals surface area contributed by atoms with Gasteiger partial charge in [0.05, 0.1) is 12.1 Å². The van der Waals surface area contributed by atoms with Crippen molar-refractivity contribution in [3.05, 3.63) is 0 Å². The molecule has 0 saturated heterocycles. The summed E-state index contributed by atoms with van der Waals surface area (Å²) in [6.45, 7) is 4.74. The van der Waals surface area contributed by atoms with Gasteiger partial charge in [0, 0.05) is 12.8 Å². The molecule has 0 bridgehead atoms. The van der Waals surface area contributed by atoms with Crippen molar-refractivity contribution < 1.29 is 44.1 Å². The second-order valence-electron chi connectivity index (χ2n) is 8.36. The van der Waals surface area contributed by atoms with Crippen molar-refractivity contribution in [3.63, 3.8) is 0 Å². The molecule has 34 heavy (non-hydrogen) atoms. The van der Waals surface area contributed by atoms with Crippen molar-refractivity contribution in [1.29, 1.82) is 0 Å². The van der Waals surface area contributed by atoms with Crippen molar-refractivity contribution in [3.8, 4) is 0 Å². The Balaban J connectivity index is 5.40. The van der Waals surface area contributed by atoms with Gasteiger partial charge in [-0.05, 0) is 32.1 Å². The molecule has 10 N–H and O–H groups in total. The van der Waals surface area contributed by atoms with E-state index in [1.807, 2.05) is 0 Å². The zero-order valence-corrected chi connectivity index (χ0v) is 19.4. The number of carbonyl (C=O) groups is 6. The normalized spacial score (nSPS) is 15.4. The molecule has 4 amide bonds. The lowest BCUT2D eigenvalue weighted by atomic mass is 10.0. The third-order valence-corrected chi connectivity index (χ3v) is 4.70. The van der Waals surface area contributed by atoms with E-state index in [-0.39, 0.29) is 25.2 Å². The average Bonchev–Trinajstić information content (AvgIpc) is 2.71. The van der Waals surface area contributed by atoms with Crippen LogP contribution < -0.4 is 27.4 Å². The summed E-state index contributed by atoms with van der Waals surface area (Å²) in [4.78, 5) is 70.6. The number of rotatable bonds is 16. The number of aliphatic carboxylic acids is 2. The summed E-state index contributed by atoms with van der Waals surface area (Å²) in [5.41, 5.74) is 10.8. The predicted molar refractivity (Wildman–Crippen MR) is 118 cm³/mol. The maximum absolute atomic E-state index is 12.8. The van der Waals surface area contributed by atoms with Crippen LogP contribution in [0.4, 0.5) is 0 Å². The summed E-state index contributed by atoms with van der Waals surface area (Å²) in [5, 5.41) is 34.8. The highest BCUT2D eigenvalue weighted by Crippen LogP contribution is 2.08. The molecule has 0 aliphatic rings. The Bertz CT molecular complexity index is 757. The zero-order valence-electron chi connectivity index (χ0n) is 19.4. The van der Waals surface area contributed by atoms with Crippen molar-refractivity contribution >= 4 is 35.6 Å². The summed E-state index contributed by atoms with van der Waals surface area (Å²) in [6, 6.07) is -5.41. The summed E-state index contributed by atoms with van der Waals surface area (Å²) >= 11 is 0. The highest BCUT2D eigenvalue weighted by molar-refractivity contribution is 5.94. The third-order valence-electron chi connectivity index (χ3n) is 4.70. The van der Waals surface area contributed by atoms with E-state index < -0.39 is 78.7 Å². The van der Waals surface area contributed by atoms with Crippen molar-refractivity contribution in [2.24, 2.45) is 17.4 Å². The highest BCUT2D eigenvalue weighted by Gasteiger charge is 2.33. The monoisotopic (exact) mass is 489 g/mol. The van der Waals surface area contributed by atoms with Crippen LogP contribution in [0.5, 0.6) is 0 Å². The fourth-order valence-corrected chi connectivity index (χ4v) is 2.86. The molecule has 14 nitrogen and oxygen atoms in total. The highest BCUT2D eigenvalue weighted by atomic mass is 16.4. The summed E-state index contributed by atoms with van der Waals surface area (Å²) in [7, 11) is 0. The number of hydrogen-bond donors (Lipinski definition) is 8. The van der Waals surface area contributed by atoms with Crippen LogP contribution in [0.3, 0.4) is 0 Å². The number of hydrogen-bond acceptors (Lipinski definition) is 8. The van der Waals surface area contributed by atoms with Crippen molar-refractivity contribution in [1.82, 2.24) is 16.0 Å². The van der Waals surface area contributed by atoms with E-state index in [1.165, 1.54) is 6.92 Å². The molecule has 0 heterocycles. The first-order valence-electron chi connectivity index (χ1n) is 10.7. The second-order valence-corrected chi connectivity index (χ2v) is 8.36. The fraction of sp³-hybridized carbons (Fsp3) is 0.700. The number of nitrogens with two attached hydrogens (primary N) is 2. The quantitative estimate of drug-likeness (QED) is 0.112. The van der Waals surface area contributed by atoms with Gasteiger partial charge in [-0.2, -0.15) is 0 Å². The third kappa shape index (κ3) is 12.1. The van der Waals surface area contributed by atoms with Crippen LogP contribution in [-0.2, 0) is 28.8 Å². The largest absolute Gasteiger partial charge is 0.481 e. The smallest absolute Gasteiger partial charge is 0.326 e. The standard InChI is InChI=1S/C20H35N5O9/c1-9(2)8-13(24-17(30)11(21)4-6-14(22)27)18(31)25-16(10(3)26)19(32)23-12(20(33)34)5-7-15(28)29/h9-13,16,26H,4-8,21H2,1-3H3,(H2,22,27)(H,23,32)(H,24,30)(H,25,31)(H,28,29)(H,33,34). The minimum absolute atomic E-state index is 0.0389. The molecule has 194 valence electrons. The molecule has 0 fully saturated rings. The molecule has 0 aromatic heterocycles. The van der Waals surface area contributed by atoms with Crippen LogP contribution in [0.1, 0.15) is 52.9 Å². The number of carbonyl (C=O) groups excluding carboxylic acids is 4. The van der Waals surface area contributed by atoms with Crippen LogP contribution in [-0.4, -0.2) is 81.2 Å². The number of carboxylic acids is 2. The molecule has 14 heteroatoms. The second kappa shape index (κ2) is 14.8.